The van der Waals surface area contributed by atoms with Crippen molar-refractivity contribution < 1.29 is 8.42 Å². The van der Waals surface area contributed by atoms with Gasteiger partial charge in [-0.25, -0.2) is 8.42 Å². The minimum Gasteiger partial charge on any atom is -0.267 e. The second-order valence-electron chi connectivity index (χ2n) is 5.67. The Kier molecular flexibility index (Phi) is 5.96. The third-order valence-corrected chi connectivity index (χ3v) is 5.65. The van der Waals surface area contributed by atoms with Crippen LogP contribution in [0.5, 0.6) is 0 Å². The minimum absolute atomic E-state index is 0.315. The second kappa shape index (κ2) is 7.75. The Labute approximate surface area is 139 Å². The number of sulfonamides is 1. The molecule has 2 rings (SSSR count). The fraction of sp³-hybridized carbons (Fsp3) is 0.471. The molecule has 0 fully saturated rings. The molecule has 0 saturated carbocycles. The van der Waals surface area contributed by atoms with Crippen molar-refractivity contribution in [1.29, 1.82) is 0 Å². The number of rotatable bonds is 8. The average molecular weight is 335 g/mol. The van der Waals surface area contributed by atoms with E-state index < -0.39 is 10.0 Å². The molecular formula is C17H25N3O2S. The van der Waals surface area contributed by atoms with Crippen LogP contribution >= 0.6 is 0 Å². The number of hydrogen-bond donors (Lipinski definition) is 0. The van der Waals surface area contributed by atoms with Gasteiger partial charge in [-0.15, -0.1) is 0 Å². The van der Waals surface area contributed by atoms with Crippen LogP contribution in [0.3, 0.4) is 0 Å². The first-order valence-electron chi connectivity index (χ1n) is 8.07. The SMILES string of the molecule is CCCN(CCC)S(=O)(=O)c1cn(Cc2ccccc2)nc1C. The van der Waals surface area contributed by atoms with Crippen LogP contribution in [0.1, 0.15) is 37.9 Å². The first-order chi connectivity index (χ1) is 11.0. The predicted octanol–water partition coefficient (Wildman–Crippen LogP) is 3.05. The maximum absolute atomic E-state index is 12.9. The van der Waals surface area contributed by atoms with Crippen LogP contribution in [-0.2, 0) is 16.6 Å². The van der Waals surface area contributed by atoms with E-state index in [0.29, 0.717) is 30.2 Å². The summed E-state index contributed by atoms with van der Waals surface area (Å²) in [6, 6.07) is 9.90. The highest BCUT2D eigenvalue weighted by molar-refractivity contribution is 7.89. The zero-order valence-corrected chi connectivity index (χ0v) is 14.9. The second-order valence-corrected chi connectivity index (χ2v) is 7.57. The van der Waals surface area contributed by atoms with Crippen molar-refractivity contribution in [1.82, 2.24) is 14.1 Å². The Balaban J connectivity index is 2.28. The van der Waals surface area contributed by atoms with Crippen molar-refractivity contribution in [3.8, 4) is 0 Å². The van der Waals surface area contributed by atoms with Gasteiger partial charge in [0.15, 0.2) is 0 Å². The molecule has 126 valence electrons. The first-order valence-corrected chi connectivity index (χ1v) is 9.51. The molecule has 0 radical (unpaired) electrons. The summed E-state index contributed by atoms with van der Waals surface area (Å²) in [5, 5.41) is 4.39. The zero-order valence-electron chi connectivity index (χ0n) is 14.1. The van der Waals surface area contributed by atoms with Gasteiger partial charge in [0.1, 0.15) is 4.90 Å². The highest BCUT2D eigenvalue weighted by atomic mass is 32.2. The lowest BCUT2D eigenvalue weighted by atomic mass is 10.2. The van der Waals surface area contributed by atoms with Crippen LogP contribution in [0.4, 0.5) is 0 Å². The van der Waals surface area contributed by atoms with Gasteiger partial charge in [-0.2, -0.15) is 9.40 Å². The highest BCUT2D eigenvalue weighted by Crippen LogP contribution is 2.20. The summed E-state index contributed by atoms with van der Waals surface area (Å²) >= 11 is 0. The van der Waals surface area contributed by atoms with Gasteiger partial charge in [-0.1, -0.05) is 44.2 Å². The minimum atomic E-state index is -3.48. The van der Waals surface area contributed by atoms with Gasteiger partial charge in [0, 0.05) is 19.3 Å². The molecule has 0 spiro atoms. The van der Waals surface area contributed by atoms with E-state index in [1.807, 2.05) is 44.2 Å². The number of benzene rings is 1. The fourth-order valence-corrected chi connectivity index (χ4v) is 4.39. The summed E-state index contributed by atoms with van der Waals surface area (Å²) in [4.78, 5) is 0.315. The van der Waals surface area contributed by atoms with Crippen molar-refractivity contribution in [2.75, 3.05) is 13.1 Å². The Hall–Kier alpha value is -1.66. The van der Waals surface area contributed by atoms with E-state index in [2.05, 4.69) is 5.10 Å². The molecule has 0 aliphatic heterocycles. The maximum atomic E-state index is 12.9. The standard InChI is InChI=1S/C17H25N3O2S/c1-4-11-20(12-5-2)23(21,22)17-14-19(18-15(17)3)13-16-9-7-6-8-10-16/h6-10,14H,4-5,11-13H2,1-3H3. The molecule has 5 nitrogen and oxygen atoms in total. The normalized spacial score (nSPS) is 12.0. The summed E-state index contributed by atoms with van der Waals surface area (Å²) < 4.78 is 29.0. The van der Waals surface area contributed by atoms with Crippen molar-refractivity contribution in [3.63, 3.8) is 0 Å². The lowest BCUT2D eigenvalue weighted by molar-refractivity contribution is 0.409. The van der Waals surface area contributed by atoms with Gasteiger partial charge in [-0.05, 0) is 25.3 Å². The molecule has 0 bridgehead atoms. The Morgan fingerprint density at radius 3 is 2.26 bits per heavy atom. The van der Waals surface area contributed by atoms with Crippen LogP contribution < -0.4 is 0 Å². The Morgan fingerprint density at radius 2 is 1.70 bits per heavy atom. The molecule has 0 aliphatic rings. The topological polar surface area (TPSA) is 55.2 Å². The number of aromatic nitrogens is 2. The van der Waals surface area contributed by atoms with E-state index in [0.717, 1.165) is 18.4 Å². The molecule has 1 heterocycles. The van der Waals surface area contributed by atoms with Crippen LogP contribution in [0.15, 0.2) is 41.4 Å². The van der Waals surface area contributed by atoms with Crippen molar-refractivity contribution in [3.05, 3.63) is 47.8 Å². The predicted molar refractivity (Wildman–Crippen MR) is 91.8 cm³/mol. The van der Waals surface area contributed by atoms with E-state index >= 15 is 0 Å². The molecule has 0 unspecified atom stereocenters. The summed E-state index contributed by atoms with van der Waals surface area (Å²) in [5.74, 6) is 0. The molecule has 0 amide bonds. The molecule has 0 aliphatic carbocycles. The first kappa shape index (κ1) is 17.7. The number of nitrogens with zero attached hydrogens (tertiary/aromatic N) is 3. The van der Waals surface area contributed by atoms with Gasteiger partial charge < -0.3 is 0 Å². The van der Waals surface area contributed by atoms with Crippen LogP contribution in [-0.4, -0.2) is 35.6 Å². The van der Waals surface area contributed by atoms with E-state index in [4.69, 9.17) is 0 Å². The number of aryl methyl sites for hydroxylation is 1. The average Bonchev–Trinajstić information content (AvgIpc) is 2.89. The van der Waals surface area contributed by atoms with Crippen LogP contribution in [0.25, 0.3) is 0 Å². The summed E-state index contributed by atoms with van der Waals surface area (Å²) in [7, 11) is -3.48. The fourth-order valence-electron chi connectivity index (χ4n) is 2.59. The summed E-state index contributed by atoms with van der Waals surface area (Å²) in [5.41, 5.74) is 1.65. The monoisotopic (exact) mass is 335 g/mol. The Morgan fingerprint density at radius 1 is 1.09 bits per heavy atom. The third-order valence-electron chi connectivity index (χ3n) is 3.65. The van der Waals surface area contributed by atoms with Crippen LogP contribution in [0.2, 0.25) is 0 Å². The van der Waals surface area contributed by atoms with Crippen molar-refractivity contribution >= 4 is 10.0 Å². The van der Waals surface area contributed by atoms with Gasteiger partial charge >= 0.3 is 0 Å². The van der Waals surface area contributed by atoms with Crippen molar-refractivity contribution in [2.45, 2.75) is 45.1 Å². The summed E-state index contributed by atoms with van der Waals surface area (Å²) in [6.07, 6.45) is 3.25. The molecule has 0 saturated heterocycles. The van der Waals surface area contributed by atoms with Gasteiger partial charge in [0.25, 0.3) is 0 Å². The summed E-state index contributed by atoms with van der Waals surface area (Å²) in [6.45, 7) is 7.38. The molecule has 1 aromatic carbocycles. The molecule has 1 aromatic heterocycles. The lowest BCUT2D eigenvalue weighted by Gasteiger charge is -2.20. The molecule has 0 atom stereocenters. The zero-order chi connectivity index (χ0) is 16.9. The van der Waals surface area contributed by atoms with E-state index in [1.165, 1.54) is 0 Å². The quantitative estimate of drug-likeness (QED) is 0.745. The van der Waals surface area contributed by atoms with Gasteiger partial charge in [0.2, 0.25) is 10.0 Å². The molecule has 0 N–H and O–H groups in total. The van der Waals surface area contributed by atoms with Crippen molar-refractivity contribution in [2.24, 2.45) is 0 Å². The van der Waals surface area contributed by atoms with E-state index in [9.17, 15) is 8.42 Å². The van der Waals surface area contributed by atoms with Crippen LogP contribution in [0, 0.1) is 6.92 Å². The van der Waals surface area contributed by atoms with E-state index in [1.54, 1.807) is 22.1 Å². The van der Waals surface area contributed by atoms with Gasteiger partial charge in [-0.3, -0.25) is 4.68 Å². The number of hydrogen-bond acceptors (Lipinski definition) is 3. The molecule has 23 heavy (non-hydrogen) atoms. The third kappa shape index (κ3) is 4.20. The van der Waals surface area contributed by atoms with E-state index in [-0.39, 0.29) is 0 Å². The lowest BCUT2D eigenvalue weighted by Crippen LogP contribution is -2.32. The Bertz CT molecular complexity index is 718. The smallest absolute Gasteiger partial charge is 0.246 e. The van der Waals surface area contributed by atoms with Gasteiger partial charge in [0.05, 0.1) is 12.2 Å². The highest BCUT2D eigenvalue weighted by Gasteiger charge is 2.27. The molecule has 2 aromatic rings. The molecule has 6 heteroatoms. The largest absolute Gasteiger partial charge is 0.267 e. The maximum Gasteiger partial charge on any atom is 0.246 e. The molecular weight excluding hydrogens is 310 g/mol.